The van der Waals surface area contributed by atoms with Gasteiger partial charge in [-0.2, -0.15) is 4.98 Å². The number of benzene rings is 2. The molecule has 0 aliphatic rings. The number of nitrogens with two attached hydrogens (primary N) is 1. The Morgan fingerprint density at radius 1 is 1.10 bits per heavy atom. The third-order valence-electron chi connectivity index (χ3n) is 4.45. The second-order valence-electron chi connectivity index (χ2n) is 6.39. The maximum atomic E-state index is 13.8. The second kappa shape index (κ2) is 8.44. The van der Waals surface area contributed by atoms with Gasteiger partial charge in [0.25, 0.3) is 0 Å². The molecule has 4 aromatic rings. The zero-order valence-corrected chi connectivity index (χ0v) is 16.6. The van der Waals surface area contributed by atoms with Crippen molar-refractivity contribution in [2.24, 2.45) is 0 Å². The molecule has 0 atom stereocenters. The normalized spacial score (nSPS) is 11.1. The van der Waals surface area contributed by atoms with Crippen LogP contribution in [0.5, 0.6) is 0 Å². The number of nitrogen functional groups attached to an aromatic ring is 1. The van der Waals surface area contributed by atoms with Crippen LogP contribution < -0.4 is 5.84 Å². The summed E-state index contributed by atoms with van der Waals surface area (Å²) in [7, 11) is 0. The Labute approximate surface area is 171 Å². The van der Waals surface area contributed by atoms with Crippen LogP contribution in [-0.4, -0.2) is 25.0 Å². The molecule has 0 saturated carbocycles. The second-order valence-corrected chi connectivity index (χ2v) is 7.33. The lowest BCUT2D eigenvalue weighted by molar-refractivity contribution is 0.391. The molecule has 0 bridgehead atoms. The fourth-order valence-corrected chi connectivity index (χ4v) is 3.50. The van der Waals surface area contributed by atoms with Gasteiger partial charge in [0.15, 0.2) is 5.82 Å². The minimum atomic E-state index is -0.296. The summed E-state index contributed by atoms with van der Waals surface area (Å²) in [5.41, 5.74) is 2.66. The monoisotopic (exact) mass is 410 g/mol. The van der Waals surface area contributed by atoms with Crippen molar-refractivity contribution in [3.8, 4) is 11.4 Å². The van der Waals surface area contributed by atoms with Crippen molar-refractivity contribution < 1.29 is 8.91 Å². The van der Waals surface area contributed by atoms with Crippen LogP contribution in [0.4, 0.5) is 4.39 Å². The first-order valence-electron chi connectivity index (χ1n) is 9.11. The van der Waals surface area contributed by atoms with Gasteiger partial charge in [-0.3, -0.25) is 0 Å². The summed E-state index contributed by atoms with van der Waals surface area (Å²) >= 11 is 1.32. The van der Waals surface area contributed by atoms with E-state index in [9.17, 15) is 4.39 Å². The number of rotatable bonds is 7. The molecule has 4 rings (SSSR count). The van der Waals surface area contributed by atoms with Crippen LogP contribution in [0.25, 0.3) is 11.4 Å². The minimum absolute atomic E-state index is 0.259. The Morgan fingerprint density at radius 2 is 1.90 bits per heavy atom. The molecule has 0 unspecified atom stereocenters. The first-order valence-corrected chi connectivity index (χ1v) is 10.1. The molecule has 0 radical (unpaired) electrons. The predicted molar refractivity (Wildman–Crippen MR) is 108 cm³/mol. The fraction of sp³-hybridized carbons (Fsp3) is 0.200. The summed E-state index contributed by atoms with van der Waals surface area (Å²) in [5, 5.41) is 12.7. The standard InChI is InChI=1S/C20H19FN6OS/c1-2-13-7-9-14(10-8-13)19-23-18(28-26-19)12-29-20-25-24-17(27(20)22)11-15-5-3-4-6-16(15)21/h3-10H,2,11-12,22H2,1H3. The highest BCUT2D eigenvalue weighted by Crippen LogP contribution is 2.23. The molecule has 2 heterocycles. The van der Waals surface area contributed by atoms with Crippen LogP contribution in [0.2, 0.25) is 0 Å². The summed E-state index contributed by atoms with van der Waals surface area (Å²) in [6, 6.07) is 14.6. The SMILES string of the molecule is CCc1ccc(-c2noc(CSc3nnc(Cc4ccccc4F)n3N)n2)cc1. The predicted octanol–water partition coefficient (Wildman–Crippen LogP) is 3.63. The zero-order valence-electron chi connectivity index (χ0n) is 15.7. The van der Waals surface area contributed by atoms with E-state index in [0.29, 0.717) is 34.0 Å². The lowest BCUT2D eigenvalue weighted by Gasteiger charge is -2.04. The van der Waals surface area contributed by atoms with E-state index >= 15 is 0 Å². The first kappa shape index (κ1) is 19.1. The van der Waals surface area contributed by atoms with E-state index in [1.165, 1.54) is 28.1 Å². The molecule has 0 fully saturated rings. The summed E-state index contributed by atoms with van der Waals surface area (Å²) in [6.45, 7) is 2.11. The quantitative estimate of drug-likeness (QED) is 0.367. The highest BCUT2D eigenvalue weighted by molar-refractivity contribution is 7.98. The van der Waals surface area contributed by atoms with Gasteiger partial charge in [0.2, 0.25) is 16.9 Å². The average molecular weight is 410 g/mol. The number of halogens is 1. The number of aryl methyl sites for hydroxylation is 1. The largest absolute Gasteiger partial charge is 0.338 e. The van der Waals surface area contributed by atoms with Gasteiger partial charge in [0, 0.05) is 12.0 Å². The van der Waals surface area contributed by atoms with Crippen LogP contribution in [0, 0.1) is 5.82 Å². The molecule has 148 valence electrons. The van der Waals surface area contributed by atoms with Crippen LogP contribution >= 0.6 is 11.8 Å². The van der Waals surface area contributed by atoms with E-state index < -0.39 is 0 Å². The summed E-state index contributed by atoms with van der Waals surface area (Å²) in [6.07, 6.45) is 1.24. The molecular weight excluding hydrogens is 391 g/mol. The molecule has 2 N–H and O–H groups in total. The molecule has 7 nitrogen and oxygen atoms in total. The van der Waals surface area contributed by atoms with Crippen molar-refractivity contribution in [1.29, 1.82) is 0 Å². The molecule has 0 aliphatic heterocycles. The Morgan fingerprint density at radius 3 is 2.66 bits per heavy atom. The first-order chi connectivity index (χ1) is 14.1. The Hall–Kier alpha value is -3.20. The molecular formula is C20H19FN6OS. The molecule has 0 amide bonds. The van der Waals surface area contributed by atoms with Gasteiger partial charge in [0.05, 0.1) is 5.75 Å². The highest BCUT2D eigenvalue weighted by Gasteiger charge is 2.15. The maximum absolute atomic E-state index is 13.8. The Kier molecular flexibility index (Phi) is 5.57. The average Bonchev–Trinajstić information content (AvgIpc) is 3.35. The Bertz CT molecular complexity index is 1110. The molecule has 0 saturated heterocycles. The van der Waals surface area contributed by atoms with Crippen molar-refractivity contribution in [1.82, 2.24) is 25.0 Å². The Balaban J connectivity index is 1.41. The summed E-state index contributed by atoms with van der Waals surface area (Å²) < 4.78 is 20.5. The van der Waals surface area contributed by atoms with Crippen LogP contribution in [0.3, 0.4) is 0 Å². The topological polar surface area (TPSA) is 95.7 Å². The van der Waals surface area contributed by atoms with E-state index in [4.69, 9.17) is 10.4 Å². The third kappa shape index (κ3) is 4.29. The van der Waals surface area contributed by atoms with Crippen LogP contribution in [-0.2, 0) is 18.6 Å². The lowest BCUT2D eigenvalue weighted by Crippen LogP contribution is -2.14. The van der Waals surface area contributed by atoms with Gasteiger partial charge in [-0.05, 0) is 23.6 Å². The number of hydrogen-bond donors (Lipinski definition) is 1. The fourth-order valence-electron chi connectivity index (χ4n) is 2.78. The van der Waals surface area contributed by atoms with E-state index in [1.807, 2.05) is 24.3 Å². The molecule has 9 heteroatoms. The summed E-state index contributed by atoms with van der Waals surface area (Å²) in [4.78, 5) is 4.42. The van der Waals surface area contributed by atoms with Crippen molar-refractivity contribution in [2.75, 3.05) is 5.84 Å². The van der Waals surface area contributed by atoms with Crippen molar-refractivity contribution in [3.05, 3.63) is 77.2 Å². The van der Waals surface area contributed by atoms with Gasteiger partial charge < -0.3 is 10.4 Å². The smallest absolute Gasteiger partial charge is 0.237 e. The highest BCUT2D eigenvalue weighted by atomic mass is 32.2. The van der Waals surface area contributed by atoms with Crippen molar-refractivity contribution >= 4 is 11.8 Å². The third-order valence-corrected chi connectivity index (χ3v) is 5.38. The van der Waals surface area contributed by atoms with E-state index in [1.54, 1.807) is 18.2 Å². The number of nitrogens with zero attached hydrogens (tertiary/aromatic N) is 5. The molecule has 2 aromatic carbocycles. The van der Waals surface area contributed by atoms with Gasteiger partial charge in [-0.1, -0.05) is 66.3 Å². The van der Waals surface area contributed by atoms with E-state index in [-0.39, 0.29) is 12.2 Å². The van der Waals surface area contributed by atoms with Crippen molar-refractivity contribution in [2.45, 2.75) is 30.7 Å². The van der Waals surface area contributed by atoms with Gasteiger partial charge in [0.1, 0.15) is 5.82 Å². The molecule has 0 aliphatic carbocycles. The van der Waals surface area contributed by atoms with Gasteiger partial charge >= 0.3 is 0 Å². The number of thioether (sulfide) groups is 1. The number of aromatic nitrogens is 5. The van der Waals surface area contributed by atoms with E-state index in [0.717, 1.165) is 12.0 Å². The maximum Gasteiger partial charge on any atom is 0.237 e. The van der Waals surface area contributed by atoms with Gasteiger partial charge in [-0.15, -0.1) is 10.2 Å². The molecule has 2 aromatic heterocycles. The zero-order chi connectivity index (χ0) is 20.2. The van der Waals surface area contributed by atoms with Crippen molar-refractivity contribution in [3.63, 3.8) is 0 Å². The summed E-state index contributed by atoms with van der Waals surface area (Å²) in [5.74, 6) is 7.65. The van der Waals surface area contributed by atoms with E-state index in [2.05, 4.69) is 27.3 Å². The van der Waals surface area contributed by atoms with Crippen LogP contribution in [0.15, 0.2) is 58.2 Å². The minimum Gasteiger partial charge on any atom is -0.338 e. The van der Waals surface area contributed by atoms with Gasteiger partial charge in [-0.25, -0.2) is 9.07 Å². The molecule has 0 spiro atoms. The molecule has 29 heavy (non-hydrogen) atoms. The number of hydrogen-bond acceptors (Lipinski definition) is 7. The van der Waals surface area contributed by atoms with Crippen LogP contribution in [0.1, 0.15) is 29.8 Å². The lowest BCUT2D eigenvalue weighted by atomic mass is 10.1.